The van der Waals surface area contributed by atoms with Crippen molar-refractivity contribution in [3.8, 4) is 33.4 Å². The fourth-order valence-corrected chi connectivity index (χ4v) is 7.36. The van der Waals surface area contributed by atoms with E-state index in [4.69, 9.17) is 0 Å². The number of hydrogen-bond acceptors (Lipinski definition) is 0. The van der Waals surface area contributed by atoms with Gasteiger partial charge in [0.15, 0.2) is 0 Å². The van der Waals surface area contributed by atoms with E-state index in [2.05, 4.69) is 170 Å². The van der Waals surface area contributed by atoms with Crippen LogP contribution < -0.4 is 0 Å². The first kappa shape index (κ1) is 24.8. The summed E-state index contributed by atoms with van der Waals surface area (Å²) in [6.45, 7) is 0. The van der Waals surface area contributed by atoms with Gasteiger partial charge in [0.2, 0.25) is 0 Å². The molecule has 0 atom stereocenters. The minimum atomic E-state index is 1.25. The molecule has 0 amide bonds. The Morgan fingerprint density at radius 3 is 1.30 bits per heavy atom. The van der Waals surface area contributed by atoms with E-state index < -0.39 is 0 Å². The molecule has 204 valence electrons. The van der Waals surface area contributed by atoms with E-state index in [9.17, 15) is 0 Å². The lowest BCUT2D eigenvalue weighted by molar-refractivity contribution is 1.62. The predicted octanol–water partition coefficient (Wildman–Crippen LogP) is 12.5. The predicted molar refractivity (Wildman–Crippen MR) is 190 cm³/mol. The summed E-state index contributed by atoms with van der Waals surface area (Å²) in [5, 5.41) is 12.7. The molecule has 0 aliphatic carbocycles. The highest BCUT2D eigenvalue weighted by molar-refractivity contribution is 6.25. The third-order valence-electron chi connectivity index (χ3n) is 9.25. The lowest BCUT2D eigenvalue weighted by atomic mass is 9.81. The van der Waals surface area contributed by atoms with Crippen LogP contribution in [0.1, 0.15) is 0 Å². The first-order valence-electron chi connectivity index (χ1n) is 15.3. The second-order valence-corrected chi connectivity index (χ2v) is 11.6. The van der Waals surface area contributed by atoms with Crippen molar-refractivity contribution in [3.63, 3.8) is 0 Å². The van der Waals surface area contributed by atoms with Crippen LogP contribution in [0.4, 0.5) is 0 Å². The van der Waals surface area contributed by atoms with Crippen LogP contribution in [0.5, 0.6) is 0 Å². The van der Waals surface area contributed by atoms with Crippen molar-refractivity contribution in [2.45, 2.75) is 0 Å². The van der Waals surface area contributed by atoms with Crippen LogP contribution in [0.25, 0.3) is 87.2 Å². The summed E-state index contributed by atoms with van der Waals surface area (Å²) in [5.74, 6) is 0. The van der Waals surface area contributed by atoms with E-state index in [1.807, 2.05) is 0 Å². The Labute approximate surface area is 256 Å². The van der Waals surface area contributed by atoms with Crippen molar-refractivity contribution in [2.24, 2.45) is 0 Å². The van der Waals surface area contributed by atoms with Crippen LogP contribution in [0.3, 0.4) is 0 Å². The minimum Gasteiger partial charge on any atom is -0.0616 e. The van der Waals surface area contributed by atoms with E-state index in [0.717, 1.165) is 0 Å². The van der Waals surface area contributed by atoms with Gasteiger partial charge in [0, 0.05) is 0 Å². The molecule has 0 radical (unpaired) electrons. The molecule has 0 saturated carbocycles. The molecule has 0 spiro atoms. The Hall–Kier alpha value is -5.72. The molecule has 0 bridgehead atoms. The monoisotopic (exact) mass is 556 g/mol. The molecule has 9 aromatic carbocycles. The second kappa shape index (κ2) is 9.93. The van der Waals surface area contributed by atoms with Crippen LogP contribution >= 0.6 is 0 Å². The maximum Gasteiger partial charge on any atom is -0.00139 e. The maximum atomic E-state index is 2.39. The fourth-order valence-electron chi connectivity index (χ4n) is 7.36. The Morgan fingerprint density at radius 1 is 0.205 bits per heavy atom. The molecule has 0 unspecified atom stereocenters. The third-order valence-corrected chi connectivity index (χ3v) is 9.25. The first-order valence-corrected chi connectivity index (χ1v) is 15.3. The van der Waals surface area contributed by atoms with Gasteiger partial charge in [0.1, 0.15) is 0 Å². The van der Waals surface area contributed by atoms with Crippen molar-refractivity contribution in [1.29, 1.82) is 0 Å². The molecule has 0 N–H and O–H groups in total. The van der Waals surface area contributed by atoms with Crippen molar-refractivity contribution in [2.75, 3.05) is 0 Å². The summed E-state index contributed by atoms with van der Waals surface area (Å²) in [5.41, 5.74) is 7.58. The van der Waals surface area contributed by atoms with Crippen LogP contribution in [-0.2, 0) is 0 Å². The number of rotatable bonds is 3. The van der Waals surface area contributed by atoms with Crippen molar-refractivity contribution in [3.05, 3.63) is 170 Å². The average Bonchev–Trinajstić information content (AvgIpc) is 3.10. The Kier molecular flexibility index (Phi) is 5.61. The fraction of sp³-hybridized carbons (Fsp3) is 0. The summed E-state index contributed by atoms with van der Waals surface area (Å²) < 4.78 is 0. The molecular weight excluding hydrogens is 528 g/mol. The minimum absolute atomic E-state index is 1.25. The van der Waals surface area contributed by atoms with Gasteiger partial charge in [0.05, 0.1) is 0 Å². The molecule has 0 aliphatic heterocycles. The van der Waals surface area contributed by atoms with E-state index in [1.165, 1.54) is 87.2 Å². The van der Waals surface area contributed by atoms with Gasteiger partial charge in [-0.2, -0.15) is 0 Å². The number of fused-ring (bicyclic) bond motifs is 7. The lowest BCUT2D eigenvalue weighted by Gasteiger charge is -2.22. The van der Waals surface area contributed by atoms with E-state index in [-0.39, 0.29) is 0 Å². The zero-order valence-electron chi connectivity index (χ0n) is 24.2. The smallest absolute Gasteiger partial charge is 0.00139 e. The van der Waals surface area contributed by atoms with Crippen LogP contribution in [0.2, 0.25) is 0 Å². The highest BCUT2D eigenvalue weighted by Gasteiger charge is 2.22. The topological polar surface area (TPSA) is 0 Å². The highest BCUT2D eigenvalue weighted by Crippen LogP contribution is 2.49. The van der Waals surface area contributed by atoms with E-state index in [0.29, 0.717) is 0 Å². The van der Waals surface area contributed by atoms with Gasteiger partial charge in [-0.05, 0) is 93.3 Å². The zero-order chi connectivity index (χ0) is 29.0. The van der Waals surface area contributed by atoms with E-state index >= 15 is 0 Å². The zero-order valence-corrected chi connectivity index (χ0v) is 24.2. The van der Waals surface area contributed by atoms with Crippen molar-refractivity contribution in [1.82, 2.24) is 0 Å². The second-order valence-electron chi connectivity index (χ2n) is 11.6. The standard InChI is InChI=1S/C44H28/c1-3-17-31-29(14-1)16-13-27-38(31)43-39-24-10-7-20-34(39)35-21-8-11-25-40(35)44(43)41-26-12-9-23-37(41)42-28-30-15-2-4-18-32(30)33-19-5-6-22-36(33)42/h1-28H. The van der Waals surface area contributed by atoms with Gasteiger partial charge in [-0.25, -0.2) is 0 Å². The van der Waals surface area contributed by atoms with Gasteiger partial charge in [-0.3, -0.25) is 0 Å². The van der Waals surface area contributed by atoms with E-state index in [1.54, 1.807) is 0 Å². The molecule has 44 heavy (non-hydrogen) atoms. The number of hydrogen-bond donors (Lipinski definition) is 0. The highest BCUT2D eigenvalue weighted by atomic mass is 14.2. The summed E-state index contributed by atoms with van der Waals surface area (Å²) in [7, 11) is 0. The summed E-state index contributed by atoms with van der Waals surface area (Å²) in [6, 6.07) is 62.4. The Balaban J connectivity index is 1.48. The summed E-state index contributed by atoms with van der Waals surface area (Å²) in [6.07, 6.45) is 0. The Morgan fingerprint density at radius 2 is 0.614 bits per heavy atom. The molecular formula is C44H28. The average molecular weight is 557 g/mol. The number of benzene rings is 9. The molecule has 0 heterocycles. The molecule has 0 aliphatic rings. The molecule has 9 aromatic rings. The van der Waals surface area contributed by atoms with Gasteiger partial charge >= 0.3 is 0 Å². The van der Waals surface area contributed by atoms with Gasteiger partial charge in [-0.15, -0.1) is 0 Å². The summed E-state index contributed by atoms with van der Waals surface area (Å²) >= 11 is 0. The molecule has 9 rings (SSSR count). The summed E-state index contributed by atoms with van der Waals surface area (Å²) in [4.78, 5) is 0. The Bertz CT molecular complexity index is 2550. The van der Waals surface area contributed by atoms with Crippen LogP contribution in [-0.4, -0.2) is 0 Å². The van der Waals surface area contributed by atoms with Crippen LogP contribution in [0.15, 0.2) is 170 Å². The van der Waals surface area contributed by atoms with Gasteiger partial charge in [-0.1, -0.05) is 164 Å². The van der Waals surface area contributed by atoms with Gasteiger partial charge in [0.25, 0.3) is 0 Å². The first-order chi connectivity index (χ1) is 21.9. The molecule has 0 nitrogen and oxygen atoms in total. The largest absolute Gasteiger partial charge is 0.0616 e. The molecule has 0 aromatic heterocycles. The quantitative estimate of drug-likeness (QED) is 0.190. The van der Waals surface area contributed by atoms with Crippen molar-refractivity contribution < 1.29 is 0 Å². The molecule has 0 heteroatoms. The molecule has 0 fully saturated rings. The lowest BCUT2D eigenvalue weighted by Crippen LogP contribution is -1.95. The van der Waals surface area contributed by atoms with Gasteiger partial charge < -0.3 is 0 Å². The van der Waals surface area contributed by atoms with Crippen molar-refractivity contribution >= 4 is 53.9 Å². The SMILES string of the molecule is c1ccc(-c2c(-c3cccc4ccccc34)c3ccccc3c3ccccc23)c(-c2cc3ccccc3c3ccccc23)c1. The normalized spacial score (nSPS) is 11.6. The third kappa shape index (κ3) is 3.71. The maximum absolute atomic E-state index is 2.39. The molecule has 0 saturated heterocycles. The van der Waals surface area contributed by atoms with Crippen LogP contribution in [0, 0.1) is 0 Å².